The van der Waals surface area contributed by atoms with Crippen molar-refractivity contribution >= 4 is 27.2 Å². The number of halogens is 1. The normalized spacial score (nSPS) is 19.5. The monoisotopic (exact) mass is 461 g/mol. The van der Waals surface area contributed by atoms with Crippen molar-refractivity contribution in [1.29, 1.82) is 0 Å². The van der Waals surface area contributed by atoms with Gasteiger partial charge in [0.2, 0.25) is 0 Å². The smallest absolute Gasteiger partial charge is 0.266 e. The van der Waals surface area contributed by atoms with Crippen LogP contribution in [0.4, 0.5) is 10.2 Å². The van der Waals surface area contributed by atoms with Gasteiger partial charge in [0.15, 0.2) is 5.82 Å². The van der Waals surface area contributed by atoms with Gasteiger partial charge in [-0.3, -0.25) is 9.62 Å². The van der Waals surface area contributed by atoms with E-state index in [0.717, 1.165) is 25.6 Å². The van der Waals surface area contributed by atoms with Crippen molar-refractivity contribution < 1.29 is 17.5 Å². The topological polar surface area (TPSA) is 71.5 Å². The van der Waals surface area contributed by atoms with Gasteiger partial charge in [-0.25, -0.2) is 17.8 Å². The average molecular weight is 462 g/mol. The Hall–Kier alpha value is -2.49. The second kappa shape index (κ2) is 8.57. The van der Waals surface area contributed by atoms with Crippen LogP contribution in [0.2, 0.25) is 0 Å². The fourth-order valence-corrected chi connectivity index (χ4v) is 5.46. The van der Waals surface area contributed by atoms with E-state index in [1.165, 1.54) is 28.5 Å². The lowest BCUT2D eigenvalue weighted by Gasteiger charge is -2.27. The number of benzene rings is 2. The Morgan fingerprint density at radius 3 is 2.77 bits per heavy atom. The van der Waals surface area contributed by atoms with Gasteiger partial charge in [-0.15, -0.1) is 11.3 Å². The summed E-state index contributed by atoms with van der Waals surface area (Å²) in [4.78, 5) is 5.77. The molecule has 0 bridgehead atoms. The van der Waals surface area contributed by atoms with Gasteiger partial charge in [0.1, 0.15) is 22.1 Å². The van der Waals surface area contributed by atoms with Crippen molar-refractivity contribution in [2.24, 2.45) is 0 Å². The molecule has 0 unspecified atom stereocenters. The van der Waals surface area contributed by atoms with E-state index < -0.39 is 26.3 Å². The van der Waals surface area contributed by atoms with Crippen LogP contribution in [0.1, 0.15) is 24.5 Å². The average Bonchev–Trinajstić information content (AvgIpc) is 3.34. The molecule has 4 rings (SSSR count). The molecule has 1 aliphatic heterocycles. The molecule has 1 atom stereocenters. The van der Waals surface area contributed by atoms with Crippen molar-refractivity contribution in [3.8, 4) is 5.75 Å². The summed E-state index contributed by atoms with van der Waals surface area (Å²) in [6.45, 7) is 6.12. The van der Waals surface area contributed by atoms with Crippen LogP contribution in [0.3, 0.4) is 0 Å². The molecule has 1 N–H and O–H groups in total. The minimum Gasteiger partial charge on any atom is -0.486 e. The number of aromatic nitrogens is 1. The van der Waals surface area contributed by atoms with Crippen LogP contribution >= 0.6 is 11.3 Å². The Morgan fingerprint density at radius 1 is 1.29 bits per heavy atom. The van der Waals surface area contributed by atoms with Crippen LogP contribution in [0.25, 0.3) is 0 Å². The van der Waals surface area contributed by atoms with Gasteiger partial charge in [-0.05, 0) is 31.0 Å². The standard InChI is InChI=1S/C22H24FN3O3S2/c1-16-10-20(31(27,28)25-21-13-30-15-24-21)18(23)11-19(16)29-22(2)8-9-26(14-22)12-17-6-4-3-5-7-17/h3-7,10-11,13,15,25H,8-9,12,14H2,1-2H3/t22-/m0/s1. The number of sulfonamides is 1. The molecule has 1 fully saturated rings. The Balaban J connectivity index is 1.48. The molecule has 1 aromatic heterocycles. The van der Waals surface area contributed by atoms with Crippen LogP contribution in [-0.2, 0) is 16.6 Å². The van der Waals surface area contributed by atoms with Crippen molar-refractivity contribution in [3.05, 3.63) is 70.3 Å². The molecule has 0 radical (unpaired) electrons. The van der Waals surface area contributed by atoms with Crippen LogP contribution in [0.15, 0.2) is 58.3 Å². The number of ether oxygens (including phenoxy) is 1. The second-order valence-electron chi connectivity index (χ2n) is 8.03. The second-order valence-corrected chi connectivity index (χ2v) is 10.4. The van der Waals surface area contributed by atoms with E-state index in [4.69, 9.17) is 4.74 Å². The highest BCUT2D eigenvalue weighted by Crippen LogP contribution is 2.33. The number of anilines is 1. The van der Waals surface area contributed by atoms with E-state index in [1.54, 1.807) is 12.3 Å². The molecule has 2 aromatic carbocycles. The third-order valence-electron chi connectivity index (χ3n) is 5.31. The molecular formula is C22H24FN3O3S2. The number of aryl methyl sites for hydroxylation is 1. The minimum absolute atomic E-state index is 0.166. The number of hydrogen-bond donors (Lipinski definition) is 1. The number of nitrogens with zero attached hydrogens (tertiary/aromatic N) is 2. The van der Waals surface area contributed by atoms with E-state index >= 15 is 0 Å². The van der Waals surface area contributed by atoms with Crippen LogP contribution in [-0.4, -0.2) is 37.0 Å². The molecule has 6 nitrogen and oxygen atoms in total. The number of thiazole rings is 1. The zero-order valence-electron chi connectivity index (χ0n) is 17.3. The molecule has 2 heterocycles. The van der Waals surface area contributed by atoms with Crippen molar-refractivity contribution in [2.75, 3.05) is 17.8 Å². The summed E-state index contributed by atoms with van der Waals surface area (Å²) in [7, 11) is -4.08. The van der Waals surface area contributed by atoms with Crippen LogP contribution in [0, 0.1) is 12.7 Å². The highest BCUT2D eigenvalue weighted by atomic mass is 32.2. The molecule has 0 amide bonds. The zero-order chi connectivity index (χ0) is 22.1. The Labute approximate surface area is 185 Å². The summed E-state index contributed by atoms with van der Waals surface area (Å²) in [5.74, 6) is -0.334. The quantitative estimate of drug-likeness (QED) is 0.563. The SMILES string of the molecule is Cc1cc(S(=O)(=O)Nc2cscn2)c(F)cc1O[C@@]1(C)CCN(Cc2ccccc2)C1. The van der Waals surface area contributed by atoms with Crippen LogP contribution < -0.4 is 9.46 Å². The molecule has 1 aliphatic rings. The number of rotatable bonds is 7. The largest absolute Gasteiger partial charge is 0.486 e. The van der Waals surface area contributed by atoms with Gasteiger partial charge in [-0.1, -0.05) is 30.3 Å². The van der Waals surface area contributed by atoms with Gasteiger partial charge in [-0.2, -0.15) is 0 Å². The van der Waals surface area contributed by atoms with E-state index in [2.05, 4.69) is 26.7 Å². The van der Waals surface area contributed by atoms with E-state index in [9.17, 15) is 12.8 Å². The first-order valence-electron chi connectivity index (χ1n) is 9.91. The molecule has 0 saturated carbocycles. The minimum atomic E-state index is -4.08. The van der Waals surface area contributed by atoms with Crippen molar-refractivity contribution in [1.82, 2.24) is 9.88 Å². The number of likely N-dealkylation sites (tertiary alicyclic amines) is 1. The fraction of sp³-hybridized carbons (Fsp3) is 0.318. The van der Waals surface area contributed by atoms with Crippen molar-refractivity contribution in [2.45, 2.75) is 37.3 Å². The Bertz CT molecular complexity index is 1150. The highest BCUT2D eigenvalue weighted by Gasteiger charge is 2.36. The molecule has 9 heteroatoms. The maximum Gasteiger partial charge on any atom is 0.266 e. The van der Waals surface area contributed by atoms with Crippen LogP contribution in [0.5, 0.6) is 5.75 Å². The van der Waals surface area contributed by atoms with E-state index in [-0.39, 0.29) is 5.82 Å². The summed E-state index contributed by atoms with van der Waals surface area (Å²) < 4.78 is 48.4. The Kier molecular flexibility index (Phi) is 6.00. The number of hydrogen-bond acceptors (Lipinski definition) is 6. The predicted molar refractivity (Wildman–Crippen MR) is 119 cm³/mol. The third kappa shape index (κ3) is 5.06. The molecule has 1 saturated heterocycles. The lowest BCUT2D eigenvalue weighted by Crippen LogP contribution is -2.36. The lowest BCUT2D eigenvalue weighted by atomic mass is 10.1. The van der Waals surface area contributed by atoms with Crippen molar-refractivity contribution in [3.63, 3.8) is 0 Å². The maximum absolute atomic E-state index is 14.8. The molecule has 31 heavy (non-hydrogen) atoms. The van der Waals surface area contributed by atoms with Gasteiger partial charge >= 0.3 is 0 Å². The summed E-state index contributed by atoms with van der Waals surface area (Å²) in [6.07, 6.45) is 0.798. The highest BCUT2D eigenvalue weighted by molar-refractivity contribution is 7.92. The van der Waals surface area contributed by atoms with E-state index in [0.29, 0.717) is 17.9 Å². The van der Waals surface area contributed by atoms with Gasteiger partial charge in [0.25, 0.3) is 10.0 Å². The van der Waals surface area contributed by atoms with Gasteiger partial charge in [0, 0.05) is 37.5 Å². The maximum atomic E-state index is 14.8. The fourth-order valence-electron chi connectivity index (χ4n) is 3.76. The first-order valence-corrected chi connectivity index (χ1v) is 12.3. The molecular weight excluding hydrogens is 437 g/mol. The molecule has 164 valence electrons. The van der Waals surface area contributed by atoms with Gasteiger partial charge in [0.05, 0.1) is 5.51 Å². The van der Waals surface area contributed by atoms with Gasteiger partial charge < -0.3 is 4.74 Å². The molecule has 3 aromatic rings. The molecule has 0 aliphatic carbocycles. The summed E-state index contributed by atoms with van der Waals surface area (Å²) in [5.41, 5.74) is 2.81. The summed E-state index contributed by atoms with van der Waals surface area (Å²) in [6, 6.07) is 12.7. The third-order valence-corrected chi connectivity index (χ3v) is 7.27. The molecule has 0 spiro atoms. The lowest BCUT2D eigenvalue weighted by molar-refractivity contribution is 0.0936. The summed E-state index contributed by atoms with van der Waals surface area (Å²) in [5, 5.41) is 1.54. The predicted octanol–water partition coefficient (Wildman–Crippen LogP) is 4.43. The number of nitrogens with one attached hydrogen (secondary N) is 1. The first kappa shape index (κ1) is 21.7. The van der Waals surface area contributed by atoms with E-state index in [1.807, 2.05) is 25.1 Å². The first-order chi connectivity index (χ1) is 14.7. The Morgan fingerprint density at radius 2 is 2.06 bits per heavy atom. The zero-order valence-corrected chi connectivity index (χ0v) is 19.0. The summed E-state index contributed by atoms with van der Waals surface area (Å²) >= 11 is 1.25.